The number of carbonyl (C=O) groups is 3. The number of hydrogen-bond donors (Lipinski definition) is 1. The Kier molecular flexibility index (Phi) is 3.78. The van der Waals surface area contributed by atoms with Crippen LogP contribution < -0.4 is 5.32 Å². The molecule has 3 amide bonds. The lowest BCUT2D eigenvalue weighted by atomic mass is 9.88. The number of amides is 3. The minimum atomic E-state index is -0.627. The van der Waals surface area contributed by atoms with Crippen LogP contribution in [-0.2, 0) is 4.79 Å². The summed E-state index contributed by atoms with van der Waals surface area (Å²) in [5.41, 5.74) is -0.177. The van der Waals surface area contributed by atoms with Gasteiger partial charge in [-0.2, -0.15) is 0 Å². The molecule has 0 saturated carbocycles. The second kappa shape index (κ2) is 5.78. The van der Waals surface area contributed by atoms with Crippen molar-refractivity contribution in [2.24, 2.45) is 0 Å². The lowest BCUT2D eigenvalue weighted by Gasteiger charge is -2.48. The molecule has 136 valence electrons. The summed E-state index contributed by atoms with van der Waals surface area (Å²) in [5.74, 6) is -0.406. The molecular formula is C18H20N4O3S. The first kappa shape index (κ1) is 17.0. The number of rotatable bonds is 2. The van der Waals surface area contributed by atoms with E-state index in [2.05, 4.69) is 5.32 Å². The normalized spacial score (nSPS) is 18.9. The Morgan fingerprint density at radius 2 is 1.92 bits per heavy atom. The van der Waals surface area contributed by atoms with Crippen LogP contribution in [0.2, 0.25) is 0 Å². The molecule has 1 N–H and O–H groups in total. The molecule has 2 fully saturated rings. The molecule has 8 heteroatoms. The van der Waals surface area contributed by atoms with Crippen LogP contribution in [0.1, 0.15) is 20.0 Å². The Morgan fingerprint density at radius 3 is 2.54 bits per heavy atom. The smallest absolute Gasteiger partial charge is 0.264 e. The van der Waals surface area contributed by atoms with Gasteiger partial charge in [-0.3, -0.25) is 19.3 Å². The molecule has 2 aliphatic rings. The summed E-state index contributed by atoms with van der Waals surface area (Å²) >= 11 is 1.34. The van der Waals surface area contributed by atoms with Crippen LogP contribution >= 0.6 is 11.3 Å². The topological polar surface area (TPSA) is 73.0 Å². The van der Waals surface area contributed by atoms with E-state index in [1.165, 1.54) is 16.2 Å². The number of nitrogens with zero attached hydrogens (tertiary/aromatic N) is 3. The van der Waals surface area contributed by atoms with Crippen LogP contribution in [0.3, 0.4) is 0 Å². The van der Waals surface area contributed by atoms with Gasteiger partial charge in [0.1, 0.15) is 10.4 Å². The van der Waals surface area contributed by atoms with E-state index in [9.17, 15) is 14.4 Å². The maximum Gasteiger partial charge on any atom is 0.264 e. The minimum Gasteiger partial charge on any atom is -0.345 e. The van der Waals surface area contributed by atoms with Crippen molar-refractivity contribution in [1.82, 2.24) is 20.0 Å². The van der Waals surface area contributed by atoms with Crippen molar-refractivity contribution in [3.8, 4) is 0 Å². The van der Waals surface area contributed by atoms with Gasteiger partial charge in [-0.15, -0.1) is 11.3 Å². The number of benzene rings is 1. The van der Waals surface area contributed by atoms with Crippen molar-refractivity contribution >= 4 is 39.1 Å². The summed E-state index contributed by atoms with van der Waals surface area (Å²) < 4.78 is 0.909. The third-order valence-electron chi connectivity index (χ3n) is 5.23. The average molecular weight is 372 g/mol. The Hall–Kier alpha value is -2.45. The van der Waals surface area contributed by atoms with E-state index < -0.39 is 5.54 Å². The number of hydrogen-bond acceptors (Lipinski definition) is 5. The first-order valence-corrected chi connectivity index (χ1v) is 9.19. The highest BCUT2D eigenvalue weighted by Gasteiger charge is 2.57. The first-order valence-electron chi connectivity index (χ1n) is 8.37. The standard InChI is InChI=1S/C18H20N4O3S/c1-20(2)15(23)13-11-6-4-5-7-12(11)26-14(13)16(24)22-8-18(9-22)17(25)19-10-21(18)3/h4-7H,8-10H2,1-3H3,(H,19,25). The SMILES string of the molecule is CN(C)C(=O)c1c(C(=O)N2CC3(C2)C(=O)NCN3C)sc2ccccc12. The molecule has 0 aliphatic carbocycles. The van der Waals surface area contributed by atoms with Gasteiger partial charge in [-0.05, 0) is 13.1 Å². The van der Waals surface area contributed by atoms with Crippen molar-refractivity contribution in [2.45, 2.75) is 5.54 Å². The Bertz CT molecular complexity index is 930. The van der Waals surface area contributed by atoms with E-state index in [0.717, 1.165) is 10.1 Å². The minimum absolute atomic E-state index is 0.0371. The lowest BCUT2D eigenvalue weighted by Crippen LogP contribution is -2.71. The van der Waals surface area contributed by atoms with E-state index in [1.807, 2.05) is 36.2 Å². The third-order valence-corrected chi connectivity index (χ3v) is 6.39. The highest BCUT2D eigenvalue weighted by molar-refractivity contribution is 7.21. The number of likely N-dealkylation sites (tertiary alicyclic amines) is 1. The lowest BCUT2D eigenvalue weighted by molar-refractivity contribution is -0.133. The first-order chi connectivity index (χ1) is 12.3. The monoisotopic (exact) mass is 372 g/mol. The Labute approximate surface area is 155 Å². The number of likely N-dealkylation sites (N-methyl/N-ethyl adjacent to an activating group) is 1. The van der Waals surface area contributed by atoms with Gasteiger partial charge in [0, 0.05) is 24.2 Å². The van der Waals surface area contributed by atoms with Crippen LogP contribution in [0.5, 0.6) is 0 Å². The van der Waals surface area contributed by atoms with Crippen LogP contribution in [0.4, 0.5) is 0 Å². The molecular weight excluding hydrogens is 352 g/mol. The number of nitrogens with one attached hydrogen (secondary N) is 1. The zero-order valence-corrected chi connectivity index (χ0v) is 15.7. The van der Waals surface area contributed by atoms with E-state index in [-0.39, 0.29) is 17.7 Å². The molecule has 0 bridgehead atoms. The molecule has 0 unspecified atom stereocenters. The molecule has 3 heterocycles. The van der Waals surface area contributed by atoms with Crippen molar-refractivity contribution in [1.29, 1.82) is 0 Å². The second-order valence-corrected chi connectivity index (χ2v) is 8.11. The van der Waals surface area contributed by atoms with Crippen molar-refractivity contribution in [3.63, 3.8) is 0 Å². The molecule has 0 radical (unpaired) electrons. The molecule has 26 heavy (non-hydrogen) atoms. The fourth-order valence-electron chi connectivity index (χ4n) is 3.57. The highest BCUT2D eigenvalue weighted by atomic mass is 32.1. The van der Waals surface area contributed by atoms with Gasteiger partial charge in [-0.25, -0.2) is 0 Å². The Balaban J connectivity index is 1.69. The largest absolute Gasteiger partial charge is 0.345 e. The van der Waals surface area contributed by atoms with E-state index >= 15 is 0 Å². The summed E-state index contributed by atoms with van der Waals surface area (Å²) in [6, 6.07) is 7.55. The molecule has 2 aromatic rings. The third kappa shape index (κ3) is 2.25. The molecule has 0 atom stereocenters. The van der Waals surface area contributed by atoms with Crippen LogP contribution in [0, 0.1) is 0 Å². The zero-order chi connectivity index (χ0) is 18.6. The van der Waals surface area contributed by atoms with Gasteiger partial charge in [0.25, 0.3) is 11.8 Å². The maximum atomic E-state index is 13.1. The van der Waals surface area contributed by atoms with Crippen LogP contribution in [0.15, 0.2) is 24.3 Å². The van der Waals surface area contributed by atoms with E-state index in [1.54, 1.807) is 19.0 Å². The molecule has 2 aliphatic heterocycles. The molecule has 4 rings (SSSR count). The van der Waals surface area contributed by atoms with E-state index in [0.29, 0.717) is 30.2 Å². The van der Waals surface area contributed by atoms with Crippen molar-refractivity contribution < 1.29 is 14.4 Å². The average Bonchev–Trinajstić information content (AvgIpc) is 3.10. The predicted molar refractivity (Wildman–Crippen MR) is 99.2 cm³/mol. The summed E-state index contributed by atoms with van der Waals surface area (Å²) in [4.78, 5) is 43.5. The predicted octanol–water partition coefficient (Wildman–Crippen LogP) is 0.817. The quantitative estimate of drug-likeness (QED) is 0.847. The number of fused-ring (bicyclic) bond motifs is 1. The molecule has 7 nitrogen and oxygen atoms in total. The molecule has 1 aromatic heterocycles. The summed E-state index contributed by atoms with van der Waals surface area (Å²) in [6.45, 7) is 1.18. The van der Waals surface area contributed by atoms with Gasteiger partial charge in [0.15, 0.2) is 0 Å². The molecule has 2 saturated heterocycles. The highest BCUT2D eigenvalue weighted by Crippen LogP contribution is 2.36. The van der Waals surface area contributed by atoms with Crippen LogP contribution in [-0.4, -0.2) is 78.9 Å². The van der Waals surface area contributed by atoms with Gasteiger partial charge >= 0.3 is 0 Å². The van der Waals surface area contributed by atoms with Gasteiger partial charge in [0.2, 0.25) is 5.91 Å². The van der Waals surface area contributed by atoms with Gasteiger partial charge in [-0.1, -0.05) is 18.2 Å². The van der Waals surface area contributed by atoms with Gasteiger partial charge in [0.05, 0.1) is 25.3 Å². The second-order valence-electron chi connectivity index (χ2n) is 7.06. The van der Waals surface area contributed by atoms with Crippen molar-refractivity contribution in [2.75, 3.05) is 40.9 Å². The van der Waals surface area contributed by atoms with Crippen molar-refractivity contribution in [3.05, 3.63) is 34.7 Å². The van der Waals surface area contributed by atoms with Crippen LogP contribution in [0.25, 0.3) is 10.1 Å². The summed E-state index contributed by atoms with van der Waals surface area (Å²) in [7, 11) is 5.24. The van der Waals surface area contributed by atoms with E-state index in [4.69, 9.17) is 0 Å². The summed E-state index contributed by atoms with van der Waals surface area (Å²) in [6.07, 6.45) is 0. The fraction of sp³-hybridized carbons (Fsp3) is 0.389. The fourth-order valence-corrected chi connectivity index (χ4v) is 4.73. The zero-order valence-electron chi connectivity index (χ0n) is 14.9. The summed E-state index contributed by atoms with van der Waals surface area (Å²) in [5, 5.41) is 3.61. The molecule has 1 aromatic carbocycles. The Morgan fingerprint density at radius 1 is 1.23 bits per heavy atom. The van der Waals surface area contributed by atoms with Gasteiger partial charge < -0.3 is 15.1 Å². The number of carbonyl (C=O) groups excluding carboxylic acids is 3. The molecule has 1 spiro atoms. The maximum absolute atomic E-state index is 13.1. The number of thiophene rings is 1.